The quantitative estimate of drug-likeness (QED) is 0.0128. The first-order chi connectivity index (χ1) is 61.9. The smallest absolute Gasteiger partial charge is 0.381 e. The van der Waals surface area contributed by atoms with Gasteiger partial charge in [0.1, 0.15) is 0 Å². The number of rotatable bonds is 28. The van der Waals surface area contributed by atoms with Gasteiger partial charge >= 0.3 is 36.6 Å². The van der Waals surface area contributed by atoms with Crippen LogP contribution in [0.5, 0.6) is 0 Å². The Morgan fingerprint density at radius 3 is 0.773 bits per heavy atom. The Morgan fingerprint density at radius 1 is 0.295 bits per heavy atom. The van der Waals surface area contributed by atoms with Gasteiger partial charge in [-0.2, -0.15) is 70.2 Å². The molecule has 8 aromatic rings. The third kappa shape index (κ3) is 24.6. The number of aromatic nitrogens is 6. The summed E-state index contributed by atoms with van der Waals surface area (Å²) in [5, 5.41) is 36.4. The van der Waals surface area contributed by atoms with Gasteiger partial charge in [-0.05, 0) is 162 Å². The van der Waals surface area contributed by atoms with Crippen LogP contribution in [0.1, 0.15) is 112 Å². The molecule has 4 aliphatic rings. The number of ether oxygens (including phenoxy) is 4. The Balaban J connectivity index is 0.000000198. The lowest BCUT2D eigenvalue weighted by molar-refractivity contribution is -0.284. The predicted octanol–water partition coefficient (Wildman–Crippen LogP) is 13.1. The fourth-order valence-corrected chi connectivity index (χ4v) is 22.1. The first-order valence-corrected chi connectivity index (χ1v) is 45.8. The molecule has 4 saturated heterocycles. The van der Waals surface area contributed by atoms with Crippen LogP contribution in [0.25, 0.3) is 45.0 Å². The largest absolute Gasteiger partial charge is 0.453 e. The highest BCUT2D eigenvalue weighted by Gasteiger charge is 2.59. The van der Waals surface area contributed by atoms with E-state index >= 15 is 0 Å². The van der Waals surface area contributed by atoms with E-state index in [1.54, 1.807) is 24.3 Å². The number of nitrogens with one attached hydrogen (secondary N) is 4. The Kier molecular flexibility index (Phi) is 34.5. The molecule has 8 N–H and O–H groups in total. The number of hydroxylamine groups is 4. The van der Waals surface area contributed by atoms with Gasteiger partial charge in [0.2, 0.25) is 0 Å². The van der Waals surface area contributed by atoms with Gasteiger partial charge in [0, 0.05) is 126 Å². The van der Waals surface area contributed by atoms with Gasteiger partial charge in [0.25, 0.3) is 23.6 Å². The number of amides is 4. The van der Waals surface area contributed by atoms with Crippen LogP contribution >= 0.6 is 0 Å². The number of aryl methyl sites for hydroxylation is 4. The van der Waals surface area contributed by atoms with Crippen molar-refractivity contribution in [1.82, 2.24) is 51.8 Å². The van der Waals surface area contributed by atoms with Crippen molar-refractivity contribution in [3.8, 4) is 45.0 Å². The number of hydrogen-bond acceptors (Lipinski definition) is 26. The van der Waals surface area contributed by atoms with Crippen LogP contribution in [0.15, 0.2) is 178 Å². The van der Waals surface area contributed by atoms with Crippen molar-refractivity contribution in [2.24, 2.45) is 0 Å². The molecular formula is C82H86F16N10O20S4. The van der Waals surface area contributed by atoms with Gasteiger partial charge in [0.15, 0.2) is 58.3 Å². The number of halogens is 16. The summed E-state index contributed by atoms with van der Waals surface area (Å²) >= 11 is 0. The molecule has 8 heterocycles. The van der Waals surface area contributed by atoms with Crippen LogP contribution in [-0.2, 0) is 103 Å². The third-order valence-electron chi connectivity index (χ3n) is 22.3. The monoisotopic (exact) mass is 1960 g/mol. The van der Waals surface area contributed by atoms with Crippen LogP contribution in [0.3, 0.4) is 0 Å². The molecule has 0 aliphatic carbocycles. The highest BCUT2D eigenvalue weighted by Crippen LogP contribution is 2.44. The first kappa shape index (κ1) is 105. The molecule has 720 valence electrons. The van der Waals surface area contributed by atoms with Crippen LogP contribution in [0.4, 0.5) is 70.2 Å². The Hall–Kier alpha value is -10.4. The summed E-state index contributed by atoms with van der Waals surface area (Å²) in [6, 6.07) is 28.3. The molecule has 30 nitrogen and oxygen atoms in total. The topological polar surface area (TPSA) is 448 Å². The Bertz CT molecular complexity index is 5360. The van der Waals surface area contributed by atoms with Gasteiger partial charge in [-0.15, -0.1) is 0 Å². The Labute approximate surface area is 743 Å². The van der Waals surface area contributed by atoms with Crippen LogP contribution in [0, 0.1) is 0 Å². The molecule has 0 atom stereocenters. The van der Waals surface area contributed by atoms with Gasteiger partial charge in [-0.1, -0.05) is 60.7 Å². The van der Waals surface area contributed by atoms with E-state index in [9.17, 15) is 123 Å². The molecule has 4 aromatic carbocycles. The molecule has 0 radical (unpaired) electrons. The lowest BCUT2D eigenvalue weighted by Crippen LogP contribution is -2.54. The lowest BCUT2D eigenvalue weighted by atomic mass is 9.98. The Morgan fingerprint density at radius 2 is 0.538 bits per heavy atom. The number of carbonyl (C=O) groups is 4. The second-order valence-electron chi connectivity index (χ2n) is 30.5. The molecule has 0 unspecified atom stereocenters. The summed E-state index contributed by atoms with van der Waals surface area (Å²) in [5.74, 6) is -13.7. The first-order valence-electron chi connectivity index (χ1n) is 39.9. The predicted molar refractivity (Wildman–Crippen MR) is 431 cm³/mol. The van der Waals surface area contributed by atoms with Gasteiger partial charge in [0.05, 0.1) is 66.1 Å². The van der Waals surface area contributed by atoms with Crippen molar-refractivity contribution in [3.63, 3.8) is 0 Å². The molecule has 0 spiro atoms. The molecule has 0 bridgehead atoms. The number of sulfone groups is 4. The van der Waals surface area contributed by atoms with Crippen molar-refractivity contribution in [2.45, 2.75) is 191 Å². The van der Waals surface area contributed by atoms with Gasteiger partial charge < -0.3 is 18.9 Å². The van der Waals surface area contributed by atoms with Crippen molar-refractivity contribution in [1.29, 1.82) is 0 Å². The van der Waals surface area contributed by atoms with E-state index in [1.807, 2.05) is 0 Å². The van der Waals surface area contributed by atoms with E-state index in [1.165, 1.54) is 150 Å². The third-order valence-corrected chi connectivity index (χ3v) is 32.4. The molecule has 4 aliphatic heterocycles. The fraction of sp³-hybridized carbons (Fsp3) is 0.439. The van der Waals surface area contributed by atoms with Gasteiger partial charge in [-0.3, -0.25) is 69.9 Å². The molecule has 0 saturated carbocycles. The summed E-state index contributed by atoms with van der Waals surface area (Å²) in [6.07, 6.45) is -18.4. The van der Waals surface area contributed by atoms with Crippen LogP contribution in [0.2, 0.25) is 0 Å². The minimum Gasteiger partial charge on any atom is -0.381 e. The zero-order chi connectivity index (χ0) is 97.2. The average Bonchev–Trinajstić information content (AvgIpc) is 0.758. The average molecular weight is 1960 g/mol. The maximum atomic E-state index is 13.2. The standard InChI is InChI=1S/C21H21F5N2O5S.C21H23F3N2O5S.C20H20F5N3O5S.C20H22F3N3O5S/c22-20(23,21(24,25)26)8-7-14-1-6-17(27-13-14)15-2-4-16(5-3-15)34(31,32)19(18(29)28-30)9-11-33-12-10-19;22-21(23,24)9-1-2-15-3-8-18(25-14-15)16-4-6-17(7-5-16)32(29,30)20(19(27)26-28)10-12-31-13-11-20;21-19(22,20(23,24)25)6-5-14-11-27-16(12-26-14)13-1-3-15(4-2-13)34(31,32)18(17(29)28-30)7-9-33-10-8-18;21-20(22,23)7-1-2-15-12-25-17(13-24-15)14-3-5-16(6-4-14)32(29,30)19(18(27)26-28)8-10-31-11-9-19/h1-6,13,30H,7-12H2,(H,28,29);3-8,14,28H,1-2,9-13H2,(H,26,27);1-4,11-12,30H,5-10H2,(H,28,29);3-6,12-13,28H,1-2,7-11H2,(H,26,27). The fourth-order valence-electron chi connectivity index (χ4n) is 14.4. The SMILES string of the molecule is O=C(NO)C1(S(=O)(=O)c2ccc(-c3ccc(CCC(F)(F)C(F)(F)F)cn3)cc2)CCOCC1.O=C(NO)C1(S(=O)(=O)c2ccc(-c3ccc(CCCC(F)(F)F)cn3)cc2)CCOCC1.O=C(NO)C1(S(=O)(=O)c2ccc(-c3cnc(CCC(F)(F)C(F)(F)F)cn3)cc2)CCOCC1.O=C(NO)C1(S(=O)(=O)c2ccc(-c3cnc(CCCC(F)(F)F)cn3)cc2)CCOCC1. The molecule has 4 aromatic heterocycles. The maximum Gasteiger partial charge on any atom is 0.453 e. The zero-order valence-corrected chi connectivity index (χ0v) is 72.3. The molecule has 50 heteroatoms. The van der Waals surface area contributed by atoms with Crippen LogP contribution in [-0.4, -0.2) is 216 Å². The maximum absolute atomic E-state index is 13.2. The number of alkyl halides is 16. The minimum atomic E-state index is -5.65. The lowest BCUT2D eigenvalue weighted by Gasteiger charge is -2.34. The van der Waals surface area contributed by atoms with Crippen LogP contribution < -0.4 is 21.9 Å². The van der Waals surface area contributed by atoms with E-state index in [4.69, 9.17) is 39.8 Å². The summed E-state index contributed by atoms with van der Waals surface area (Å²) in [6.45, 7) is 0.355. The van der Waals surface area contributed by atoms with E-state index in [0.717, 1.165) is 6.20 Å². The second-order valence-corrected chi connectivity index (χ2v) is 39.6. The zero-order valence-electron chi connectivity index (χ0n) is 69.1. The summed E-state index contributed by atoms with van der Waals surface area (Å²) < 4.78 is 319. The summed E-state index contributed by atoms with van der Waals surface area (Å²) in [4.78, 5) is 73.1. The van der Waals surface area contributed by atoms with Crippen molar-refractivity contribution >= 4 is 63.0 Å². The van der Waals surface area contributed by atoms with Crippen molar-refractivity contribution in [3.05, 3.63) is 181 Å². The number of benzene rings is 4. The number of hydrogen-bond donors (Lipinski definition) is 8. The van der Waals surface area contributed by atoms with Gasteiger partial charge in [-0.25, -0.2) is 55.6 Å². The van der Waals surface area contributed by atoms with Crippen molar-refractivity contribution in [2.75, 3.05) is 52.9 Å². The van der Waals surface area contributed by atoms with E-state index in [2.05, 4.69) is 29.9 Å². The molecule has 4 fully saturated rings. The molecule has 132 heavy (non-hydrogen) atoms. The number of nitrogens with zero attached hydrogens (tertiary/aromatic N) is 6. The second kappa shape index (κ2) is 43.3. The molecular weight excluding hydrogens is 1880 g/mol. The van der Waals surface area contributed by atoms with E-state index in [0.29, 0.717) is 50.6 Å². The minimum absolute atomic E-state index is 0.0155. The molecule has 12 rings (SSSR count). The summed E-state index contributed by atoms with van der Waals surface area (Å²) in [7, 11) is -16.7. The number of carbonyl (C=O) groups excluding carboxylic acids is 4. The number of pyridine rings is 2. The normalized spacial score (nSPS) is 16.6. The van der Waals surface area contributed by atoms with E-state index in [-0.39, 0.29) is 166 Å². The highest BCUT2D eigenvalue weighted by molar-refractivity contribution is 7.94. The summed E-state index contributed by atoms with van der Waals surface area (Å²) in [5.41, 5.74) is 10.5. The van der Waals surface area contributed by atoms with Crippen molar-refractivity contribution < 1.29 is 163 Å². The van der Waals surface area contributed by atoms with E-state index < -0.39 is 157 Å². The highest BCUT2D eigenvalue weighted by atomic mass is 32.2. The molecule has 4 amide bonds.